The summed E-state index contributed by atoms with van der Waals surface area (Å²) in [5, 5.41) is 27.9. The zero-order valence-corrected chi connectivity index (χ0v) is 18.1. The first-order valence-electron chi connectivity index (χ1n) is 9.24. The molecule has 0 saturated heterocycles. The predicted octanol–water partition coefficient (Wildman–Crippen LogP) is 5.13. The number of benzene rings is 2. The molecule has 3 aromatic rings. The highest BCUT2D eigenvalue weighted by molar-refractivity contribution is 7.11. The summed E-state index contributed by atoms with van der Waals surface area (Å²) in [4.78, 5) is 6.63. The Labute approximate surface area is 183 Å². The quantitative estimate of drug-likeness (QED) is 0.543. The molecule has 1 aliphatic rings. The van der Waals surface area contributed by atoms with Gasteiger partial charge < -0.3 is 10.0 Å². The Bertz CT molecular complexity index is 1130. The molecule has 0 radical (unpaired) electrons. The number of nitrogens with one attached hydrogen (secondary N) is 1. The topological polar surface area (TPSA) is 75.8 Å². The summed E-state index contributed by atoms with van der Waals surface area (Å²) in [5.74, 6) is 0.225. The summed E-state index contributed by atoms with van der Waals surface area (Å²) in [6.45, 7) is 0.149. The van der Waals surface area contributed by atoms with Crippen LogP contribution in [0.2, 0.25) is 5.02 Å². The fourth-order valence-electron chi connectivity index (χ4n) is 3.03. The van der Waals surface area contributed by atoms with Crippen LogP contribution < -0.4 is 4.90 Å². The van der Waals surface area contributed by atoms with Crippen LogP contribution in [0.15, 0.2) is 64.8 Å². The number of amidine groups is 1. The Morgan fingerprint density at radius 3 is 2.53 bits per heavy atom. The molecular weight excluding hydrogens is 418 g/mol. The first kappa shape index (κ1) is 20.1. The van der Waals surface area contributed by atoms with Crippen LogP contribution in [0, 0.1) is 5.41 Å². The average molecular weight is 438 g/mol. The summed E-state index contributed by atoms with van der Waals surface area (Å²) in [5.41, 5.74) is 4.15. The third kappa shape index (κ3) is 4.08. The fourth-order valence-corrected chi connectivity index (χ4v) is 4.05. The highest BCUT2D eigenvalue weighted by Gasteiger charge is 2.30. The minimum absolute atomic E-state index is 0.0945. The van der Waals surface area contributed by atoms with Gasteiger partial charge >= 0.3 is 0 Å². The van der Waals surface area contributed by atoms with Gasteiger partial charge in [-0.15, -0.1) is 11.3 Å². The number of hydrogen-bond acceptors (Lipinski definition) is 6. The first-order chi connectivity index (χ1) is 14.4. The third-order valence-electron chi connectivity index (χ3n) is 4.70. The van der Waals surface area contributed by atoms with Crippen molar-refractivity contribution in [1.82, 2.24) is 9.99 Å². The van der Waals surface area contributed by atoms with Crippen LogP contribution in [0.25, 0.3) is 16.8 Å². The lowest BCUT2D eigenvalue weighted by Gasteiger charge is -2.13. The van der Waals surface area contributed by atoms with Crippen molar-refractivity contribution in [2.45, 2.75) is 0 Å². The maximum atomic E-state index is 10.5. The summed E-state index contributed by atoms with van der Waals surface area (Å²) in [6.07, 6.45) is 1.69. The van der Waals surface area contributed by atoms with Crippen LogP contribution in [-0.2, 0) is 0 Å². The highest BCUT2D eigenvalue weighted by atomic mass is 35.5. The van der Waals surface area contributed by atoms with E-state index in [1.54, 1.807) is 6.21 Å². The molecule has 8 heteroatoms. The smallest absolute Gasteiger partial charge is 0.155 e. The highest BCUT2D eigenvalue weighted by Crippen LogP contribution is 2.32. The van der Waals surface area contributed by atoms with Crippen LogP contribution in [0.3, 0.4) is 0 Å². The number of thiazole rings is 1. The normalized spacial score (nSPS) is 14.2. The van der Waals surface area contributed by atoms with Gasteiger partial charge in [-0.1, -0.05) is 35.9 Å². The molecule has 4 rings (SSSR count). The predicted molar refractivity (Wildman–Crippen MR) is 125 cm³/mol. The van der Waals surface area contributed by atoms with Crippen LogP contribution in [0.5, 0.6) is 0 Å². The van der Waals surface area contributed by atoms with Crippen molar-refractivity contribution in [3.05, 3.63) is 75.3 Å². The second-order valence-electron chi connectivity index (χ2n) is 7.00. The second-order valence-corrected chi connectivity index (χ2v) is 8.30. The van der Waals surface area contributed by atoms with Crippen molar-refractivity contribution in [2.24, 2.45) is 5.10 Å². The summed E-state index contributed by atoms with van der Waals surface area (Å²) >= 11 is 7.34. The van der Waals surface area contributed by atoms with E-state index in [0.717, 1.165) is 22.5 Å². The van der Waals surface area contributed by atoms with E-state index >= 15 is 0 Å². The van der Waals surface area contributed by atoms with Gasteiger partial charge in [0.2, 0.25) is 0 Å². The lowest BCUT2D eigenvalue weighted by Crippen LogP contribution is -2.20. The van der Waals surface area contributed by atoms with Crippen LogP contribution in [-0.4, -0.2) is 47.8 Å². The minimum atomic E-state index is 0.0945. The average Bonchev–Trinajstić information content (AvgIpc) is 3.31. The molecule has 1 aromatic heterocycles. The van der Waals surface area contributed by atoms with E-state index in [1.165, 1.54) is 16.3 Å². The minimum Gasteiger partial charge on any atom is -0.509 e. The maximum absolute atomic E-state index is 10.5. The molecule has 0 unspecified atom stereocenters. The molecule has 2 heterocycles. The Hall–Kier alpha value is -3.16. The van der Waals surface area contributed by atoms with E-state index in [-0.39, 0.29) is 18.1 Å². The molecule has 0 spiro atoms. The number of hydrazone groups is 1. The third-order valence-corrected chi connectivity index (χ3v) is 5.81. The zero-order valence-electron chi connectivity index (χ0n) is 16.5. The number of anilines is 1. The summed E-state index contributed by atoms with van der Waals surface area (Å²) in [6, 6.07) is 15.4. The van der Waals surface area contributed by atoms with Gasteiger partial charge in [-0.2, -0.15) is 5.10 Å². The van der Waals surface area contributed by atoms with Gasteiger partial charge in [-0.25, -0.2) is 9.99 Å². The Kier molecular flexibility index (Phi) is 5.57. The van der Waals surface area contributed by atoms with E-state index < -0.39 is 0 Å². The number of nitrogens with zero attached hydrogens (tertiary/aromatic N) is 4. The number of aliphatic hydroxyl groups excluding tert-OH is 1. The number of hydrogen-bond donors (Lipinski definition) is 2. The number of halogens is 1. The van der Waals surface area contributed by atoms with Crippen LogP contribution >= 0.6 is 22.9 Å². The van der Waals surface area contributed by atoms with Crippen LogP contribution in [0.1, 0.15) is 10.6 Å². The lowest BCUT2D eigenvalue weighted by atomic mass is 10.2. The van der Waals surface area contributed by atoms with Gasteiger partial charge in [0.25, 0.3) is 0 Å². The van der Waals surface area contributed by atoms with E-state index in [1.807, 2.05) is 72.9 Å². The zero-order chi connectivity index (χ0) is 21.3. The maximum Gasteiger partial charge on any atom is 0.155 e. The molecule has 0 fully saturated rings. The summed E-state index contributed by atoms with van der Waals surface area (Å²) in [7, 11) is 3.98. The van der Waals surface area contributed by atoms with Gasteiger partial charge in [0.1, 0.15) is 17.3 Å². The molecule has 2 N–H and O–H groups in total. The van der Waals surface area contributed by atoms with Crippen molar-refractivity contribution >= 4 is 46.2 Å². The Morgan fingerprint density at radius 2 is 1.87 bits per heavy atom. The van der Waals surface area contributed by atoms with Gasteiger partial charge in [0.15, 0.2) is 5.84 Å². The number of aromatic nitrogens is 1. The molecular formula is C22H20ClN5OS. The van der Waals surface area contributed by atoms with Gasteiger partial charge in [0.05, 0.1) is 17.5 Å². The van der Waals surface area contributed by atoms with Gasteiger partial charge in [-0.3, -0.25) is 5.41 Å². The molecule has 0 amide bonds. The molecule has 0 saturated carbocycles. The molecule has 2 aromatic carbocycles. The molecule has 0 aliphatic carbocycles. The van der Waals surface area contributed by atoms with E-state index in [2.05, 4.69) is 10.1 Å². The molecule has 0 bridgehead atoms. The SMILES string of the molecule is CN(C)c1ccc(/C=N\N2CC(O)=C(c3nc(-c4ccc(Cl)cc4)cs3)C2=N)cc1. The molecule has 0 atom stereocenters. The van der Waals surface area contributed by atoms with Crippen molar-refractivity contribution in [3.63, 3.8) is 0 Å². The van der Waals surface area contributed by atoms with E-state index in [0.29, 0.717) is 15.6 Å². The van der Waals surface area contributed by atoms with Gasteiger partial charge in [-0.05, 0) is 29.8 Å². The monoisotopic (exact) mass is 437 g/mol. The number of rotatable bonds is 5. The fraction of sp³-hybridized carbons (Fsp3) is 0.136. The summed E-state index contributed by atoms with van der Waals surface area (Å²) < 4.78 is 0. The largest absolute Gasteiger partial charge is 0.509 e. The van der Waals surface area contributed by atoms with E-state index in [9.17, 15) is 5.11 Å². The first-order valence-corrected chi connectivity index (χ1v) is 10.5. The Balaban J connectivity index is 1.50. The van der Waals surface area contributed by atoms with Crippen molar-refractivity contribution in [3.8, 4) is 11.3 Å². The molecule has 152 valence electrons. The van der Waals surface area contributed by atoms with E-state index in [4.69, 9.17) is 17.0 Å². The molecule has 6 nitrogen and oxygen atoms in total. The molecule has 1 aliphatic heterocycles. The second kappa shape index (κ2) is 8.30. The standard InChI is InChI=1S/C22H20ClN5OS/c1-27(2)17-9-3-14(4-10-17)11-25-28-12-19(29)20(21(28)24)22-26-18(13-30-22)15-5-7-16(23)8-6-15/h3-11,13,24,29H,12H2,1-2H3/b24-21?,25-11-. The van der Waals surface area contributed by atoms with Crippen molar-refractivity contribution < 1.29 is 5.11 Å². The van der Waals surface area contributed by atoms with Gasteiger partial charge in [0, 0.05) is 35.7 Å². The Morgan fingerprint density at radius 1 is 1.17 bits per heavy atom. The van der Waals surface area contributed by atoms with Crippen molar-refractivity contribution in [1.29, 1.82) is 5.41 Å². The van der Waals surface area contributed by atoms with Crippen LogP contribution in [0.4, 0.5) is 5.69 Å². The lowest BCUT2D eigenvalue weighted by molar-refractivity contribution is 0.358. The molecule has 30 heavy (non-hydrogen) atoms. The number of aliphatic hydroxyl groups is 1. The van der Waals surface area contributed by atoms with Crippen molar-refractivity contribution in [2.75, 3.05) is 25.5 Å².